The zero-order valence-electron chi connectivity index (χ0n) is 20.1. The van der Waals surface area contributed by atoms with E-state index in [1.54, 1.807) is 0 Å². The zero-order valence-corrected chi connectivity index (χ0v) is 21.7. The SMILES string of the molecule is Cc1ccccc1CC(=O)N[C@@H]1C(=O)N2C(C(=O)OC(c3ccccc3)c3ccccc3)=C(Cl)CS[C@H]12. The lowest BCUT2D eigenvalue weighted by Gasteiger charge is -2.49. The number of thioether (sulfide) groups is 1. The number of carbonyl (C=O) groups is 3. The van der Waals surface area contributed by atoms with Gasteiger partial charge in [-0.1, -0.05) is 96.5 Å². The average molecular weight is 533 g/mol. The molecule has 2 amide bonds. The highest BCUT2D eigenvalue weighted by Crippen LogP contribution is 2.42. The maximum absolute atomic E-state index is 13.5. The van der Waals surface area contributed by atoms with Gasteiger partial charge in [0.25, 0.3) is 5.91 Å². The van der Waals surface area contributed by atoms with E-state index < -0.39 is 23.5 Å². The second-order valence-corrected chi connectivity index (χ2v) is 10.5. The maximum Gasteiger partial charge on any atom is 0.357 e. The molecule has 0 radical (unpaired) electrons. The molecule has 0 bridgehead atoms. The number of β-lactam (4-membered cyclic amide) rings is 1. The molecule has 1 N–H and O–H groups in total. The summed E-state index contributed by atoms with van der Waals surface area (Å²) < 4.78 is 5.97. The van der Waals surface area contributed by atoms with Gasteiger partial charge in [0.1, 0.15) is 17.1 Å². The molecule has 1 fully saturated rings. The van der Waals surface area contributed by atoms with Gasteiger partial charge in [0, 0.05) is 5.75 Å². The van der Waals surface area contributed by atoms with Gasteiger partial charge in [-0.05, 0) is 29.2 Å². The zero-order chi connectivity index (χ0) is 25.9. The van der Waals surface area contributed by atoms with Crippen molar-refractivity contribution in [3.63, 3.8) is 0 Å². The standard InChI is InChI=1S/C29H25ClN2O4S/c1-18-10-8-9-15-21(18)16-23(33)31-24-27(34)32-25(22(30)17-37-28(24)32)29(35)36-26(19-11-4-2-5-12-19)20-13-6-3-7-14-20/h2-15,24,26,28H,16-17H2,1H3,(H,31,33)/t24-,28-/m1/s1. The van der Waals surface area contributed by atoms with Crippen molar-refractivity contribution in [3.8, 4) is 0 Å². The first-order valence-electron chi connectivity index (χ1n) is 11.9. The van der Waals surface area contributed by atoms with E-state index in [0.29, 0.717) is 5.75 Å². The third-order valence-electron chi connectivity index (χ3n) is 6.47. The van der Waals surface area contributed by atoms with Crippen LogP contribution in [0.2, 0.25) is 0 Å². The highest BCUT2D eigenvalue weighted by Gasteiger charge is 2.54. The van der Waals surface area contributed by atoms with Crippen LogP contribution >= 0.6 is 23.4 Å². The summed E-state index contributed by atoms with van der Waals surface area (Å²) in [7, 11) is 0. The van der Waals surface area contributed by atoms with Crippen LogP contribution in [-0.2, 0) is 25.5 Å². The summed E-state index contributed by atoms with van der Waals surface area (Å²) in [5.41, 5.74) is 3.56. The van der Waals surface area contributed by atoms with Crippen LogP contribution in [0.15, 0.2) is 95.7 Å². The predicted octanol–water partition coefficient (Wildman–Crippen LogP) is 4.72. The summed E-state index contributed by atoms with van der Waals surface area (Å²) in [5, 5.41) is 2.67. The largest absolute Gasteiger partial charge is 0.448 e. The van der Waals surface area contributed by atoms with E-state index in [9.17, 15) is 14.4 Å². The minimum Gasteiger partial charge on any atom is -0.448 e. The number of fused-ring (bicyclic) bond motifs is 1. The van der Waals surface area contributed by atoms with E-state index in [-0.39, 0.29) is 29.0 Å². The van der Waals surface area contributed by atoms with Crippen LogP contribution in [0.4, 0.5) is 0 Å². The van der Waals surface area contributed by atoms with E-state index in [4.69, 9.17) is 16.3 Å². The normalized spacial score (nSPS) is 18.8. The van der Waals surface area contributed by atoms with E-state index in [1.165, 1.54) is 16.7 Å². The molecule has 6 nitrogen and oxygen atoms in total. The van der Waals surface area contributed by atoms with E-state index >= 15 is 0 Å². The number of nitrogens with zero attached hydrogens (tertiary/aromatic N) is 1. The molecule has 37 heavy (non-hydrogen) atoms. The van der Waals surface area contributed by atoms with Crippen molar-refractivity contribution >= 4 is 41.1 Å². The average Bonchev–Trinajstić information content (AvgIpc) is 2.92. The molecular weight excluding hydrogens is 508 g/mol. The Balaban J connectivity index is 1.32. The molecule has 0 spiro atoms. The number of rotatable bonds is 7. The van der Waals surface area contributed by atoms with Gasteiger partial charge in [-0.2, -0.15) is 0 Å². The number of hydrogen-bond donors (Lipinski definition) is 1. The van der Waals surface area contributed by atoms with Crippen molar-refractivity contribution in [1.82, 2.24) is 10.2 Å². The van der Waals surface area contributed by atoms with Crippen LogP contribution in [0.25, 0.3) is 0 Å². The lowest BCUT2D eigenvalue weighted by molar-refractivity contribution is -0.154. The molecule has 3 aromatic rings. The van der Waals surface area contributed by atoms with Gasteiger partial charge >= 0.3 is 5.97 Å². The molecular formula is C29H25ClN2O4S. The Bertz CT molecular complexity index is 1320. The predicted molar refractivity (Wildman–Crippen MR) is 144 cm³/mol. The van der Waals surface area contributed by atoms with Crippen LogP contribution in [0.1, 0.15) is 28.4 Å². The number of nitrogens with one attached hydrogen (secondary N) is 1. The number of benzene rings is 3. The molecule has 188 valence electrons. The number of aryl methyl sites for hydroxylation is 1. The topological polar surface area (TPSA) is 75.7 Å². The van der Waals surface area contributed by atoms with Gasteiger partial charge in [-0.15, -0.1) is 11.8 Å². The van der Waals surface area contributed by atoms with Crippen LogP contribution in [0, 0.1) is 6.92 Å². The number of ether oxygens (including phenoxy) is 1. The number of amides is 2. The molecule has 0 aliphatic carbocycles. The quantitative estimate of drug-likeness (QED) is 0.352. The smallest absolute Gasteiger partial charge is 0.357 e. The van der Waals surface area contributed by atoms with E-state index in [1.807, 2.05) is 91.9 Å². The Morgan fingerprint density at radius 2 is 1.59 bits per heavy atom. The lowest BCUT2D eigenvalue weighted by Crippen LogP contribution is -2.70. The molecule has 2 heterocycles. The summed E-state index contributed by atoms with van der Waals surface area (Å²) in [4.78, 5) is 40.6. The molecule has 2 aliphatic rings. The first-order valence-corrected chi connectivity index (χ1v) is 13.3. The Morgan fingerprint density at radius 1 is 1.00 bits per heavy atom. The first kappa shape index (κ1) is 25.1. The summed E-state index contributed by atoms with van der Waals surface area (Å²) in [6, 6.07) is 25.7. The fourth-order valence-electron chi connectivity index (χ4n) is 4.53. The van der Waals surface area contributed by atoms with Crippen molar-refractivity contribution in [2.75, 3.05) is 5.75 Å². The fourth-order valence-corrected chi connectivity index (χ4v) is 6.07. The summed E-state index contributed by atoms with van der Waals surface area (Å²) in [6.07, 6.45) is -0.490. The van der Waals surface area contributed by atoms with Crippen LogP contribution in [0.5, 0.6) is 0 Å². The third kappa shape index (κ3) is 5.15. The molecule has 2 atom stereocenters. The van der Waals surface area contributed by atoms with Gasteiger partial charge in [-0.3, -0.25) is 14.5 Å². The highest BCUT2D eigenvalue weighted by molar-refractivity contribution is 8.00. The lowest BCUT2D eigenvalue weighted by atomic mass is 10.0. The highest BCUT2D eigenvalue weighted by atomic mass is 35.5. The monoisotopic (exact) mass is 532 g/mol. The number of hydrogen-bond acceptors (Lipinski definition) is 5. The summed E-state index contributed by atoms with van der Waals surface area (Å²) in [6.45, 7) is 1.94. The van der Waals surface area contributed by atoms with Crippen molar-refractivity contribution < 1.29 is 19.1 Å². The van der Waals surface area contributed by atoms with Gasteiger partial charge < -0.3 is 10.1 Å². The number of carbonyl (C=O) groups excluding carboxylic acids is 3. The van der Waals surface area contributed by atoms with E-state index in [0.717, 1.165) is 22.3 Å². The minimum absolute atomic E-state index is 0.0386. The van der Waals surface area contributed by atoms with Gasteiger partial charge in [0.2, 0.25) is 5.91 Å². The van der Waals surface area contributed by atoms with E-state index in [2.05, 4.69) is 5.32 Å². The van der Waals surface area contributed by atoms with Crippen molar-refractivity contribution in [2.24, 2.45) is 0 Å². The minimum atomic E-state index is -0.729. The second kappa shape index (κ2) is 10.8. The number of halogens is 1. The molecule has 8 heteroatoms. The van der Waals surface area contributed by atoms with Crippen molar-refractivity contribution in [2.45, 2.75) is 30.9 Å². The Morgan fingerprint density at radius 3 is 2.22 bits per heavy atom. The molecule has 3 aromatic carbocycles. The van der Waals surface area contributed by atoms with Gasteiger partial charge in [-0.25, -0.2) is 4.79 Å². The molecule has 2 aliphatic heterocycles. The number of esters is 1. The summed E-state index contributed by atoms with van der Waals surface area (Å²) >= 11 is 7.88. The van der Waals surface area contributed by atoms with Gasteiger partial charge in [0.15, 0.2) is 6.10 Å². The second-order valence-electron chi connectivity index (χ2n) is 8.92. The fraction of sp³-hybridized carbons (Fsp3) is 0.207. The third-order valence-corrected chi connectivity index (χ3v) is 8.22. The van der Waals surface area contributed by atoms with Gasteiger partial charge in [0.05, 0.1) is 11.5 Å². The molecule has 0 saturated carbocycles. The van der Waals surface area contributed by atoms with Crippen LogP contribution in [-0.4, -0.2) is 39.9 Å². The first-order chi connectivity index (χ1) is 17.9. The molecule has 5 rings (SSSR count). The molecule has 0 aromatic heterocycles. The Hall–Kier alpha value is -3.55. The van der Waals surface area contributed by atoms with Crippen molar-refractivity contribution in [3.05, 3.63) is 118 Å². The molecule has 1 saturated heterocycles. The van der Waals surface area contributed by atoms with Crippen LogP contribution < -0.4 is 5.32 Å². The molecule has 0 unspecified atom stereocenters. The Labute approximate surface area is 224 Å². The van der Waals surface area contributed by atoms with Crippen LogP contribution in [0.3, 0.4) is 0 Å². The summed E-state index contributed by atoms with van der Waals surface area (Å²) in [5.74, 6) is -0.959. The maximum atomic E-state index is 13.5. The van der Waals surface area contributed by atoms with Crippen molar-refractivity contribution in [1.29, 1.82) is 0 Å². The Kier molecular flexibility index (Phi) is 7.35.